The van der Waals surface area contributed by atoms with Crippen LogP contribution in [0.15, 0.2) is 35.3 Å². The molecule has 1 heterocycles. The van der Waals surface area contributed by atoms with Gasteiger partial charge in [0.25, 0.3) is 0 Å². The molecule has 6 heteroatoms. The third-order valence-electron chi connectivity index (χ3n) is 4.34. The maximum Gasteiger partial charge on any atom is 0.191 e. The van der Waals surface area contributed by atoms with Gasteiger partial charge in [-0.3, -0.25) is 9.67 Å². The van der Waals surface area contributed by atoms with Crippen molar-refractivity contribution in [3.05, 3.63) is 52.8 Å². The van der Waals surface area contributed by atoms with E-state index in [1.807, 2.05) is 6.92 Å². The lowest BCUT2D eigenvalue weighted by Crippen LogP contribution is -2.37. The number of nitrogens with zero attached hydrogens (tertiary/aromatic N) is 3. The molecule has 1 aromatic heterocycles. The highest BCUT2D eigenvalue weighted by atomic mass is 16.5. The van der Waals surface area contributed by atoms with E-state index in [0.29, 0.717) is 6.61 Å². The predicted octanol–water partition coefficient (Wildman–Crippen LogP) is 3.18. The van der Waals surface area contributed by atoms with Crippen LogP contribution in [0.4, 0.5) is 0 Å². The maximum atomic E-state index is 5.69. The topological polar surface area (TPSA) is 63.5 Å². The van der Waals surface area contributed by atoms with Gasteiger partial charge in [-0.1, -0.05) is 31.2 Å². The molecule has 0 atom stereocenters. The minimum absolute atomic E-state index is 0.653. The molecule has 0 aliphatic rings. The summed E-state index contributed by atoms with van der Waals surface area (Å²) in [6.45, 7) is 10.2. The number of aromatic nitrogens is 2. The van der Waals surface area contributed by atoms with Crippen molar-refractivity contribution in [2.24, 2.45) is 4.99 Å². The second-order valence-electron chi connectivity index (χ2n) is 6.68. The van der Waals surface area contributed by atoms with Gasteiger partial charge in [-0.2, -0.15) is 5.10 Å². The van der Waals surface area contributed by atoms with Crippen molar-refractivity contribution in [2.45, 2.75) is 53.3 Å². The zero-order valence-electron chi connectivity index (χ0n) is 17.1. The molecule has 148 valence electrons. The van der Waals surface area contributed by atoms with Crippen LogP contribution in [0.2, 0.25) is 0 Å². The van der Waals surface area contributed by atoms with Gasteiger partial charge < -0.3 is 15.4 Å². The highest BCUT2D eigenvalue weighted by Crippen LogP contribution is 2.10. The Morgan fingerprint density at radius 2 is 1.96 bits per heavy atom. The molecule has 0 radical (unpaired) electrons. The van der Waals surface area contributed by atoms with E-state index < -0.39 is 0 Å². The molecule has 0 aliphatic heterocycles. The van der Waals surface area contributed by atoms with Crippen LogP contribution in [0.5, 0.6) is 0 Å². The average Bonchev–Trinajstić information content (AvgIpc) is 2.99. The first-order valence-corrected chi connectivity index (χ1v) is 9.74. The number of aliphatic imine (C=N–C) groups is 1. The van der Waals surface area contributed by atoms with E-state index in [1.165, 1.54) is 16.8 Å². The minimum Gasteiger partial charge on any atom is -0.377 e. The van der Waals surface area contributed by atoms with E-state index in [9.17, 15) is 0 Å². The minimum atomic E-state index is 0.653. The Morgan fingerprint density at radius 3 is 2.63 bits per heavy atom. The second kappa shape index (κ2) is 11.4. The first kappa shape index (κ1) is 21.0. The number of hydrogen-bond donors (Lipinski definition) is 2. The Kier molecular flexibility index (Phi) is 8.84. The zero-order chi connectivity index (χ0) is 19.5. The molecule has 0 bridgehead atoms. The lowest BCUT2D eigenvalue weighted by atomic mass is 10.1. The number of rotatable bonds is 10. The number of nitrogens with one attached hydrogen (secondary N) is 2. The summed E-state index contributed by atoms with van der Waals surface area (Å²) in [6.07, 6.45) is 2.03. The van der Waals surface area contributed by atoms with Crippen LogP contribution < -0.4 is 10.6 Å². The first-order valence-electron chi connectivity index (χ1n) is 9.74. The lowest BCUT2D eigenvalue weighted by molar-refractivity contribution is 0.121. The van der Waals surface area contributed by atoms with Crippen molar-refractivity contribution >= 4 is 5.96 Å². The van der Waals surface area contributed by atoms with Gasteiger partial charge in [-0.05, 0) is 43.9 Å². The van der Waals surface area contributed by atoms with Crippen LogP contribution in [0, 0.1) is 13.8 Å². The van der Waals surface area contributed by atoms with Gasteiger partial charge in [-0.25, -0.2) is 0 Å². The average molecular weight is 372 g/mol. The number of benzene rings is 1. The molecule has 6 nitrogen and oxygen atoms in total. The van der Waals surface area contributed by atoms with Crippen LogP contribution in [0.25, 0.3) is 0 Å². The standard InChI is InChI=1S/C21H33N5O/c1-5-13-27-16-20-10-7-6-9-19(20)15-24-21(22-4)23-11-8-12-26-18(3)14-17(2)25-26/h6-7,9-10,14H,5,8,11-13,15-16H2,1-4H3,(H2,22,23,24). The van der Waals surface area contributed by atoms with Gasteiger partial charge in [-0.15, -0.1) is 0 Å². The molecule has 2 aromatic rings. The molecule has 0 amide bonds. The summed E-state index contributed by atoms with van der Waals surface area (Å²) in [5.41, 5.74) is 4.73. The van der Waals surface area contributed by atoms with Crippen molar-refractivity contribution in [1.82, 2.24) is 20.4 Å². The normalized spacial score (nSPS) is 11.6. The van der Waals surface area contributed by atoms with Crippen LogP contribution in [-0.2, 0) is 24.4 Å². The number of guanidine groups is 1. The number of ether oxygens (including phenoxy) is 1. The smallest absolute Gasteiger partial charge is 0.191 e. The fourth-order valence-corrected chi connectivity index (χ4v) is 2.93. The van der Waals surface area contributed by atoms with E-state index in [4.69, 9.17) is 4.74 Å². The van der Waals surface area contributed by atoms with Crippen molar-refractivity contribution in [2.75, 3.05) is 20.2 Å². The van der Waals surface area contributed by atoms with E-state index in [0.717, 1.165) is 50.7 Å². The molecule has 0 unspecified atom stereocenters. The van der Waals surface area contributed by atoms with Crippen molar-refractivity contribution in [1.29, 1.82) is 0 Å². The molecule has 0 aliphatic carbocycles. The van der Waals surface area contributed by atoms with E-state index in [1.54, 1.807) is 7.05 Å². The molecule has 0 fully saturated rings. The summed E-state index contributed by atoms with van der Waals surface area (Å²) >= 11 is 0. The van der Waals surface area contributed by atoms with Gasteiger partial charge in [0.2, 0.25) is 0 Å². The Labute approximate surface area is 163 Å². The highest BCUT2D eigenvalue weighted by Gasteiger charge is 2.04. The quantitative estimate of drug-likeness (QED) is 0.382. The number of aryl methyl sites for hydroxylation is 3. The van der Waals surface area contributed by atoms with E-state index in [2.05, 4.69) is 69.6 Å². The first-order chi connectivity index (χ1) is 13.1. The summed E-state index contributed by atoms with van der Waals surface area (Å²) < 4.78 is 7.75. The molecule has 27 heavy (non-hydrogen) atoms. The SMILES string of the molecule is CCCOCc1ccccc1CNC(=NC)NCCCn1nc(C)cc1C. The van der Waals surface area contributed by atoms with Gasteiger partial charge in [0, 0.05) is 39.0 Å². The predicted molar refractivity (Wildman–Crippen MR) is 111 cm³/mol. The maximum absolute atomic E-state index is 5.69. The Morgan fingerprint density at radius 1 is 1.19 bits per heavy atom. The van der Waals surface area contributed by atoms with Gasteiger partial charge in [0.15, 0.2) is 5.96 Å². The molecule has 2 rings (SSSR count). The lowest BCUT2D eigenvalue weighted by Gasteiger charge is -2.14. The molecule has 0 spiro atoms. The van der Waals surface area contributed by atoms with Crippen LogP contribution >= 0.6 is 0 Å². The summed E-state index contributed by atoms with van der Waals surface area (Å²) in [5.74, 6) is 0.813. The van der Waals surface area contributed by atoms with E-state index >= 15 is 0 Å². The molecule has 0 saturated heterocycles. The zero-order valence-corrected chi connectivity index (χ0v) is 17.1. The van der Waals surface area contributed by atoms with E-state index in [-0.39, 0.29) is 0 Å². The molecule has 2 N–H and O–H groups in total. The van der Waals surface area contributed by atoms with Gasteiger partial charge in [0.05, 0.1) is 12.3 Å². The monoisotopic (exact) mass is 371 g/mol. The third-order valence-corrected chi connectivity index (χ3v) is 4.34. The highest BCUT2D eigenvalue weighted by molar-refractivity contribution is 5.79. The Bertz CT molecular complexity index is 723. The molecular formula is C21H33N5O. The largest absolute Gasteiger partial charge is 0.377 e. The van der Waals surface area contributed by atoms with Gasteiger partial charge in [0.1, 0.15) is 0 Å². The fraction of sp³-hybridized carbons (Fsp3) is 0.524. The Hall–Kier alpha value is -2.34. The fourth-order valence-electron chi connectivity index (χ4n) is 2.93. The van der Waals surface area contributed by atoms with Crippen molar-refractivity contribution in [3.8, 4) is 0 Å². The number of hydrogen-bond acceptors (Lipinski definition) is 3. The second-order valence-corrected chi connectivity index (χ2v) is 6.68. The third kappa shape index (κ3) is 7.06. The van der Waals surface area contributed by atoms with Crippen LogP contribution in [0.3, 0.4) is 0 Å². The van der Waals surface area contributed by atoms with Crippen LogP contribution in [0.1, 0.15) is 42.3 Å². The van der Waals surface area contributed by atoms with Crippen molar-refractivity contribution in [3.63, 3.8) is 0 Å². The molecule has 0 saturated carbocycles. The summed E-state index contributed by atoms with van der Waals surface area (Å²) in [6, 6.07) is 10.5. The molecular weight excluding hydrogens is 338 g/mol. The molecule has 1 aromatic carbocycles. The van der Waals surface area contributed by atoms with Gasteiger partial charge >= 0.3 is 0 Å². The van der Waals surface area contributed by atoms with Crippen molar-refractivity contribution < 1.29 is 4.74 Å². The summed E-state index contributed by atoms with van der Waals surface area (Å²) in [5, 5.41) is 11.3. The summed E-state index contributed by atoms with van der Waals surface area (Å²) in [7, 11) is 1.80. The van der Waals surface area contributed by atoms with Crippen LogP contribution in [-0.4, -0.2) is 35.9 Å². The summed E-state index contributed by atoms with van der Waals surface area (Å²) in [4.78, 5) is 4.32. The Balaban J connectivity index is 1.76.